The summed E-state index contributed by atoms with van der Waals surface area (Å²) in [5.41, 5.74) is 1.56. The molecule has 3 nitrogen and oxygen atoms in total. The minimum Gasteiger partial charge on any atom is -0.438 e. The van der Waals surface area contributed by atoms with Crippen molar-refractivity contribution in [3.05, 3.63) is 58.8 Å². The Kier molecular flexibility index (Phi) is 4.55. The summed E-state index contributed by atoms with van der Waals surface area (Å²) < 4.78 is 5.73. The molecule has 0 bridgehead atoms. The van der Waals surface area contributed by atoms with Crippen LogP contribution >= 0.6 is 11.6 Å². The molecule has 0 unspecified atom stereocenters. The van der Waals surface area contributed by atoms with E-state index >= 15 is 0 Å². The van der Waals surface area contributed by atoms with E-state index in [0.717, 1.165) is 5.56 Å². The van der Waals surface area contributed by atoms with E-state index in [9.17, 15) is 0 Å². The first kappa shape index (κ1) is 13.6. The van der Waals surface area contributed by atoms with Crippen molar-refractivity contribution in [3.8, 4) is 11.6 Å². The lowest BCUT2D eigenvalue weighted by molar-refractivity contribution is 0.281. The van der Waals surface area contributed by atoms with Gasteiger partial charge in [0.2, 0.25) is 5.88 Å². The fourth-order valence-electron chi connectivity index (χ4n) is 1.64. The van der Waals surface area contributed by atoms with Crippen LogP contribution in [0.2, 0.25) is 5.02 Å². The van der Waals surface area contributed by atoms with Crippen molar-refractivity contribution in [1.29, 1.82) is 0 Å². The summed E-state index contributed by atoms with van der Waals surface area (Å²) in [6, 6.07) is 9.29. The van der Waals surface area contributed by atoms with Crippen molar-refractivity contribution in [2.75, 3.05) is 0 Å². The largest absolute Gasteiger partial charge is 0.438 e. The molecule has 1 aromatic heterocycles. The number of pyridine rings is 1. The number of hydrogen-bond acceptors (Lipinski definition) is 3. The zero-order valence-electron chi connectivity index (χ0n) is 10.5. The van der Waals surface area contributed by atoms with Gasteiger partial charge in [-0.1, -0.05) is 42.0 Å². The molecular formula is C15H14ClNO2. The van der Waals surface area contributed by atoms with Gasteiger partial charge in [0.25, 0.3) is 0 Å². The first-order valence-electron chi connectivity index (χ1n) is 5.89. The van der Waals surface area contributed by atoms with Crippen LogP contribution in [0.5, 0.6) is 11.6 Å². The summed E-state index contributed by atoms with van der Waals surface area (Å²) in [7, 11) is 0. The van der Waals surface area contributed by atoms with Gasteiger partial charge in [0.05, 0.1) is 11.6 Å². The van der Waals surface area contributed by atoms with Crippen LogP contribution in [0.15, 0.2) is 42.6 Å². The number of allylic oxidation sites excluding steroid dienone is 1. The minimum atomic E-state index is -0.145. The van der Waals surface area contributed by atoms with E-state index in [1.807, 2.05) is 43.3 Å². The summed E-state index contributed by atoms with van der Waals surface area (Å²) in [4.78, 5) is 4.09. The molecule has 4 heteroatoms. The van der Waals surface area contributed by atoms with Gasteiger partial charge in [-0.15, -0.1) is 0 Å². The molecule has 0 saturated heterocycles. The maximum Gasteiger partial charge on any atom is 0.219 e. The fraction of sp³-hybridized carbons (Fsp3) is 0.133. The van der Waals surface area contributed by atoms with Gasteiger partial charge in [-0.05, 0) is 13.0 Å². The SMILES string of the molecule is C/C=C/c1ccccc1Oc1cc(CO)c(Cl)cn1. The fourth-order valence-corrected chi connectivity index (χ4v) is 1.80. The zero-order valence-corrected chi connectivity index (χ0v) is 11.3. The molecule has 2 rings (SSSR count). The maximum atomic E-state index is 9.17. The number of ether oxygens (including phenoxy) is 1. The van der Waals surface area contributed by atoms with Crippen molar-refractivity contribution in [2.24, 2.45) is 0 Å². The number of aliphatic hydroxyl groups is 1. The van der Waals surface area contributed by atoms with Crippen LogP contribution in [-0.4, -0.2) is 10.1 Å². The Bertz CT molecular complexity index is 596. The van der Waals surface area contributed by atoms with Crippen molar-refractivity contribution in [2.45, 2.75) is 13.5 Å². The van der Waals surface area contributed by atoms with E-state index < -0.39 is 0 Å². The topological polar surface area (TPSA) is 42.4 Å². The summed E-state index contributed by atoms with van der Waals surface area (Å²) in [6.45, 7) is 1.80. The highest BCUT2D eigenvalue weighted by molar-refractivity contribution is 6.31. The number of para-hydroxylation sites is 1. The van der Waals surface area contributed by atoms with Gasteiger partial charge in [-0.3, -0.25) is 0 Å². The van der Waals surface area contributed by atoms with E-state index in [-0.39, 0.29) is 6.61 Å². The van der Waals surface area contributed by atoms with E-state index in [1.165, 1.54) is 6.20 Å². The van der Waals surface area contributed by atoms with Crippen molar-refractivity contribution in [3.63, 3.8) is 0 Å². The molecule has 0 radical (unpaired) electrons. The zero-order chi connectivity index (χ0) is 13.7. The second-order valence-corrected chi connectivity index (χ2v) is 4.32. The van der Waals surface area contributed by atoms with Crippen LogP contribution in [0.1, 0.15) is 18.1 Å². The summed E-state index contributed by atoms with van der Waals surface area (Å²) in [5, 5.41) is 9.60. The Morgan fingerprint density at radius 3 is 2.89 bits per heavy atom. The lowest BCUT2D eigenvalue weighted by Gasteiger charge is -2.09. The van der Waals surface area contributed by atoms with Gasteiger partial charge < -0.3 is 9.84 Å². The number of aliphatic hydroxyl groups excluding tert-OH is 1. The molecule has 1 heterocycles. The monoisotopic (exact) mass is 275 g/mol. The van der Waals surface area contributed by atoms with E-state index in [4.69, 9.17) is 21.4 Å². The van der Waals surface area contributed by atoms with Crippen molar-refractivity contribution < 1.29 is 9.84 Å². The van der Waals surface area contributed by atoms with Crippen molar-refractivity contribution >= 4 is 17.7 Å². The second kappa shape index (κ2) is 6.36. The van der Waals surface area contributed by atoms with Crippen LogP contribution in [0.3, 0.4) is 0 Å². The molecule has 19 heavy (non-hydrogen) atoms. The third-order valence-corrected chi connectivity index (χ3v) is 2.90. The van der Waals surface area contributed by atoms with Gasteiger partial charge in [0, 0.05) is 23.4 Å². The average molecular weight is 276 g/mol. The molecule has 0 aliphatic rings. The number of hydrogen-bond donors (Lipinski definition) is 1. The van der Waals surface area contributed by atoms with Gasteiger partial charge in [0.1, 0.15) is 5.75 Å². The predicted octanol–water partition coefficient (Wildman–Crippen LogP) is 4.05. The highest BCUT2D eigenvalue weighted by atomic mass is 35.5. The third kappa shape index (κ3) is 3.34. The number of aromatic nitrogens is 1. The average Bonchev–Trinajstić information content (AvgIpc) is 2.43. The summed E-state index contributed by atoms with van der Waals surface area (Å²) >= 11 is 5.89. The molecule has 1 aromatic carbocycles. The van der Waals surface area contributed by atoms with E-state index in [0.29, 0.717) is 22.2 Å². The summed E-state index contributed by atoms with van der Waals surface area (Å²) in [6.07, 6.45) is 5.37. The number of halogens is 1. The second-order valence-electron chi connectivity index (χ2n) is 3.91. The Morgan fingerprint density at radius 1 is 1.37 bits per heavy atom. The lowest BCUT2D eigenvalue weighted by Crippen LogP contribution is -1.93. The van der Waals surface area contributed by atoms with Crippen LogP contribution in [0.4, 0.5) is 0 Å². The molecule has 0 aliphatic heterocycles. The van der Waals surface area contributed by atoms with Crippen LogP contribution in [0, 0.1) is 0 Å². The van der Waals surface area contributed by atoms with Crippen LogP contribution in [0.25, 0.3) is 6.08 Å². The van der Waals surface area contributed by atoms with Gasteiger partial charge in [0.15, 0.2) is 0 Å². The smallest absolute Gasteiger partial charge is 0.219 e. The van der Waals surface area contributed by atoms with Crippen LogP contribution < -0.4 is 4.74 Å². The maximum absolute atomic E-state index is 9.17. The molecule has 98 valence electrons. The number of benzene rings is 1. The molecule has 0 spiro atoms. The normalized spacial score (nSPS) is 10.9. The molecule has 0 fully saturated rings. The number of nitrogens with zero attached hydrogens (tertiary/aromatic N) is 1. The molecule has 0 saturated carbocycles. The number of rotatable bonds is 4. The quantitative estimate of drug-likeness (QED) is 0.915. The lowest BCUT2D eigenvalue weighted by atomic mass is 10.2. The molecule has 1 N–H and O–H groups in total. The molecule has 0 atom stereocenters. The highest BCUT2D eigenvalue weighted by Crippen LogP contribution is 2.27. The predicted molar refractivity (Wildman–Crippen MR) is 76.4 cm³/mol. The molecular weight excluding hydrogens is 262 g/mol. The molecule has 0 amide bonds. The Morgan fingerprint density at radius 2 is 2.16 bits per heavy atom. The molecule has 2 aromatic rings. The first-order valence-corrected chi connectivity index (χ1v) is 6.27. The van der Waals surface area contributed by atoms with Crippen molar-refractivity contribution in [1.82, 2.24) is 4.98 Å². The minimum absolute atomic E-state index is 0.145. The third-order valence-electron chi connectivity index (χ3n) is 2.56. The standard InChI is InChI=1S/C15H14ClNO2/c1-2-5-11-6-3-4-7-14(11)19-15-8-12(10-18)13(16)9-17-15/h2-9,18H,10H2,1H3/b5-2+. The van der Waals surface area contributed by atoms with Gasteiger partial charge >= 0.3 is 0 Å². The first-order chi connectivity index (χ1) is 9.24. The molecule has 0 aliphatic carbocycles. The van der Waals surface area contributed by atoms with Crippen LogP contribution in [-0.2, 0) is 6.61 Å². The summed E-state index contributed by atoms with van der Waals surface area (Å²) in [5.74, 6) is 1.12. The highest BCUT2D eigenvalue weighted by Gasteiger charge is 2.06. The Balaban J connectivity index is 2.31. The van der Waals surface area contributed by atoms with E-state index in [1.54, 1.807) is 6.07 Å². The Hall–Kier alpha value is -1.84. The van der Waals surface area contributed by atoms with E-state index in [2.05, 4.69) is 4.98 Å². The Labute approximate surface area is 117 Å². The van der Waals surface area contributed by atoms with Gasteiger partial charge in [-0.2, -0.15) is 0 Å². The van der Waals surface area contributed by atoms with Gasteiger partial charge in [-0.25, -0.2) is 4.98 Å².